The zero-order valence-electron chi connectivity index (χ0n) is 12.8. The van der Waals surface area contributed by atoms with Crippen LogP contribution in [0.2, 0.25) is 0 Å². The summed E-state index contributed by atoms with van der Waals surface area (Å²) < 4.78 is 18.5. The summed E-state index contributed by atoms with van der Waals surface area (Å²) in [4.78, 5) is 0. The third-order valence-corrected chi connectivity index (χ3v) is 4.04. The molecule has 0 aromatic heterocycles. The van der Waals surface area contributed by atoms with Crippen molar-refractivity contribution in [3.05, 3.63) is 65.0 Å². The van der Waals surface area contributed by atoms with Crippen LogP contribution in [0.5, 0.6) is 5.75 Å². The van der Waals surface area contributed by atoms with Crippen LogP contribution in [-0.4, -0.2) is 7.11 Å². The highest BCUT2D eigenvalue weighted by molar-refractivity contribution is 6.22. The van der Waals surface area contributed by atoms with E-state index in [2.05, 4.69) is 32.9 Å². The van der Waals surface area contributed by atoms with Crippen LogP contribution in [0, 0.1) is 5.82 Å². The smallest absolute Gasteiger partial charge is 0.165 e. The van der Waals surface area contributed by atoms with Gasteiger partial charge in [-0.1, -0.05) is 51.1 Å². The molecular formula is C18H20ClFO. The first-order chi connectivity index (χ1) is 9.82. The van der Waals surface area contributed by atoms with Crippen molar-refractivity contribution in [2.75, 3.05) is 7.11 Å². The lowest BCUT2D eigenvalue weighted by Gasteiger charge is -2.20. The van der Waals surface area contributed by atoms with E-state index in [1.54, 1.807) is 12.1 Å². The lowest BCUT2D eigenvalue weighted by atomic mass is 9.86. The average Bonchev–Trinajstić information content (AvgIpc) is 2.46. The van der Waals surface area contributed by atoms with Gasteiger partial charge in [0.15, 0.2) is 11.6 Å². The molecule has 1 atom stereocenters. The van der Waals surface area contributed by atoms with Crippen LogP contribution in [-0.2, 0) is 5.41 Å². The molecule has 0 amide bonds. The molecule has 0 radical (unpaired) electrons. The molecule has 2 aromatic rings. The Hall–Kier alpha value is -1.54. The molecule has 0 saturated carbocycles. The van der Waals surface area contributed by atoms with Crippen molar-refractivity contribution in [3.8, 4) is 5.75 Å². The molecule has 2 rings (SSSR count). The van der Waals surface area contributed by atoms with Crippen molar-refractivity contribution < 1.29 is 9.13 Å². The minimum atomic E-state index is -0.381. The van der Waals surface area contributed by atoms with Crippen LogP contribution in [0.4, 0.5) is 4.39 Å². The summed E-state index contributed by atoms with van der Waals surface area (Å²) in [5, 5.41) is -0.325. The maximum atomic E-state index is 13.5. The second kappa shape index (κ2) is 6.07. The van der Waals surface area contributed by atoms with E-state index in [1.165, 1.54) is 18.7 Å². The van der Waals surface area contributed by atoms with Crippen molar-refractivity contribution in [1.82, 2.24) is 0 Å². The number of hydrogen-bond donors (Lipinski definition) is 0. The summed E-state index contributed by atoms with van der Waals surface area (Å²) in [6, 6.07) is 12.9. The Morgan fingerprint density at radius 1 is 1.00 bits per heavy atom. The fourth-order valence-electron chi connectivity index (χ4n) is 2.18. The summed E-state index contributed by atoms with van der Waals surface area (Å²) in [6.45, 7) is 6.51. The molecule has 0 fully saturated rings. The van der Waals surface area contributed by atoms with Crippen LogP contribution in [0.3, 0.4) is 0 Å². The van der Waals surface area contributed by atoms with Crippen molar-refractivity contribution in [2.45, 2.75) is 31.6 Å². The highest BCUT2D eigenvalue weighted by Crippen LogP contribution is 2.33. The van der Waals surface area contributed by atoms with Gasteiger partial charge in [0, 0.05) is 0 Å². The highest BCUT2D eigenvalue weighted by Gasteiger charge is 2.16. The molecule has 0 heterocycles. The highest BCUT2D eigenvalue weighted by atomic mass is 35.5. The molecule has 0 aliphatic rings. The van der Waals surface area contributed by atoms with E-state index in [1.807, 2.05) is 12.1 Å². The Morgan fingerprint density at radius 2 is 1.57 bits per heavy atom. The second-order valence-electron chi connectivity index (χ2n) is 6.13. The molecule has 3 heteroatoms. The molecule has 0 bridgehead atoms. The van der Waals surface area contributed by atoms with Gasteiger partial charge in [-0.25, -0.2) is 4.39 Å². The second-order valence-corrected chi connectivity index (χ2v) is 6.56. The third kappa shape index (κ3) is 3.56. The van der Waals surface area contributed by atoms with Crippen LogP contribution < -0.4 is 4.74 Å². The molecule has 0 spiro atoms. The first-order valence-corrected chi connectivity index (χ1v) is 7.34. The SMILES string of the molecule is COc1cc(C(Cl)c2ccc(C(C)(C)C)cc2)ccc1F. The van der Waals surface area contributed by atoms with E-state index in [4.69, 9.17) is 16.3 Å². The Balaban J connectivity index is 2.29. The Morgan fingerprint density at radius 3 is 2.10 bits per heavy atom. The third-order valence-electron chi connectivity index (χ3n) is 3.54. The molecule has 21 heavy (non-hydrogen) atoms. The molecule has 0 saturated heterocycles. The van der Waals surface area contributed by atoms with E-state index in [9.17, 15) is 4.39 Å². The van der Waals surface area contributed by atoms with Gasteiger partial charge in [0.05, 0.1) is 12.5 Å². The van der Waals surface area contributed by atoms with Crippen molar-refractivity contribution in [2.24, 2.45) is 0 Å². The van der Waals surface area contributed by atoms with Gasteiger partial charge in [-0.05, 0) is 34.2 Å². The molecule has 0 N–H and O–H groups in total. The number of alkyl halides is 1. The van der Waals surface area contributed by atoms with E-state index in [0.717, 1.165) is 11.1 Å². The fourth-order valence-corrected chi connectivity index (χ4v) is 2.46. The van der Waals surface area contributed by atoms with Gasteiger partial charge in [0.2, 0.25) is 0 Å². The predicted molar refractivity (Wildman–Crippen MR) is 85.8 cm³/mol. The molecule has 1 nitrogen and oxygen atoms in total. The van der Waals surface area contributed by atoms with E-state index >= 15 is 0 Å². The van der Waals surface area contributed by atoms with Gasteiger partial charge in [-0.3, -0.25) is 0 Å². The van der Waals surface area contributed by atoms with E-state index in [-0.39, 0.29) is 22.4 Å². The zero-order chi connectivity index (χ0) is 15.6. The van der Waals surface area contributed by atoms with Crippen LogP contribution >= 0.6 is 11.6 Å². The lowest BCUT2D eigenvalue weighted by molar-refractivity contribution is 0.386. The first kappa shape index (κ1) is 15.8. The topological polar surface area (TPSA) is 9.23 Å². The standard InChI is InChI=1S/C18H20ClFO/c1-18(2,3)14-8-5-12(6-9-14)17(19)13-7-10-15(20)16(11-13)21-4/h5-11,17H,1-4H3. The number of ether oxygens (including phenoxy) is 1. The maximum absolute atomic E-state index is 13.5. The summed E-state index contributed by atoms with van der Waals surface area (Å²) >= 11 is 6.50. The van der Waals surface area contributed by atoms with E-state index < -0.39 is 0 Å². The molecule has 1 unspecified atom stereocenters. The summed E-state index contributed by atoms with van der Waals surface area (Å²) in [7, 11) is 1.45. The average molecular weight is 307 g/mol. The molecule has 0 aliphatic heterocycles. The minimum absolute atomic E-state index is 0.111. The summed E-state index contributed by atoms with van der Waals surface area (Å²) in [6.07, 6.45) is 0. The van der Waals surface area contributed by atoms with Crippen molar-refractivity contribution in [3.63, 3.8) is 0 Å². The Kier molecular flexibility index (Phi) is 4.58. The molecular weight excluding hydrogens is 287 g/mol. The summed E-state index contributed by atoms with van der Waals surface area (Å²) in [5.41, 5.74) is 3.17. The largest absolute Gasteiger partial charge is 0.494 e. The van der Waals surface area contributed by atoms with Crippen molar-refractivity contribution in [1.29, 1.82) is 0 Å². The zero-order valence-corrected chi connectivity index (χ0v) is 13.5. The quantitative estimate of drug-likeness (QED) is 0.684. The first-order valence-electron chi connectivity index (χ1n) is 6.91. The molecule has 0 aliphatic carbocycles. The van der Waals surface area contributed by atoms with Gasteiger partial charge in [-0.15, -0.1) is 11.6 Å². The normalized spacial score (nSPS) is 13.0. The van der Waals surface area contributed by atoms with Gasteiger partial charge >= 0.3 is 0 Å². The Bertz CT molecular complexity index is 614. The van der Waals surface area contributed by atoms with Crippen LogP contribution in [0.15, 0.2) is 42.5 Å². The van der Waals surface area contributed by atoms with Gasteiger partial charge in [0.25, 0.3) is 0 Å². The number of hydrogen-bond acceptors (Lipinski definition) is 1. The number of halogens is 2. The van der Waals surface area contributed by atoms with Gasteiger partial charge in [0.1, 0.15) is 0 Å². The molecule has 2 aromatic carbocycles. The number of methoxy groups -OCH3 is 1. The van der Waals surface area contributed by atoms with E-state index in [0.29, 0.717) is 0 Å². The monoisotopic (exact) mass is 306 g/mol. The molecule has 112 valence electrons. The minimum Gasteiger partial charge on any atom is -0.494 e. The van der Waals surface area contributed by atoms with Crippen molar-refractivity contribution >= 4 is 11.6 Å². The number of rotatable bonds is 3. The van der Waals surface area contributed by atoms with Crippen LogP contribution in [0.25, 0.3) is 0 Å². The van der Waals surface area contributed by atoms with Crippen LogP contribution in [0.1, 0.15) is 42.8 Å². The predicted octanol–water partition coefficient (Wildman–Crippen LogP) is 5.46. The fraction of sp³-hybridized carbons (Fsp3) is 0.333. The van der Waals surface area contributed by atoms with Gasteiger partial charge < -0.3 is 4.74 Å². The maximum Gasteiger partial charge on any atom is 0.165 e. The summed E-state index contributed by atoms with van der Waals surface area (Å²) in [5.74, 6) is -0.169. The lowest BCUT2D eigenvalue weighted by Crippen LogP contribution is -2.10. The number of benzene rings is 2. The van der Waals surface area contributed by atoms with Gasteiger partial charge in [-0.2, -0.15) is 0 Å². The Labute approximate surface area is 130 Å².